The van der Waals surface area contributed by atoms with E-state index in [1.165, 1.54) is 0 Å². The van der Waals surface area contributed by atoms with E-state index in [4.69, 9.17) is 5.73 Å². The molecule has 0 spiro atoms. The topological polar surface area (TPSA) is 51.3 Å². The van der Waals surface area contributed by atoms with Crippen molar-refractivity contribution in [1.29, 1.82) is 0 Å². The van der Waals surface area contributed by atoms with Gasteiger partial charge in [0.1, 0.15) is 5.82 Å². The summed E-state index contributed by atoms with van der Waals surface area (Å²) in [6.07, 6.45) is 2.74. The Bertz CT molecular complexity index is 292. The second-order valence-corrected chi connectivity index (χ2v) is 2.60. The summed E-state index contributed by atoms with van der Waals surface area (Å²) in [5.41, 5.74) is 6.56. The highest BCUT2D eigenvalue weighted by Crippen LogP contribution is 2.15. The van der Waals surface area contributed by atoms with Crippen LogP contribution in [0.25, 0.3) is 0 Å². The monoisotopic (exact) mass is 163 g/mol. The minimum absolute atomic E-state index is 0.517. The molecule has 1 aromatic rings. The Morgan fingerprint density at radius 3 is 3.00 bits per heavy atom. The fourth-order valence-corrected chi connectivity index (χ4v) is 0.841. The summed E-state index contributed by atoms with van der Waals surface area (Å²) < 4.78 is 0. The van der Waals surface area contributed by atoms with Crippen molar-refractivity contribution >= 4 is 17.9 Å². The summed E-state index contributed by atoms with van der Waals surface area (Å²) in [5, 5.41) is 0. The first-order valence-electron chi connectivity index (χ1n) is 3.99. The van der Waals surface area contributed by atoms with E-state index < -0.39 is 0 Å². The predicted octanol–water partition coefficient (Wildman–Crippen LogP) is 2.08. The smallest absolute Gasteiger partial charge is 0.156 e. The van der Waals surface area contributed by atoms with Crippen LogP contribution in [0.2, 0.25) is 0 Å². The minimum Gasteiger partial charge on any atom is -0.384 e. The summed E-state index contributed by atoms with van der Waals surface area (Å²) in [7, 11) is 0. The van der Waals surface area contributed by atoms with Gasteiger partial charge >= 0.3 is 0 Å². The molecule has 0 bridgehead atoms. The van der Waals surface area contributed by atoms with Gasteiger partial charge in [0.15, 0.2) is 5.82 Å². The van der Waals surface area contributed by atoms with Crippen molar-refractivity contribution in [1.82, 2.24) is 4.98 Å². The predicted molar refractivity (Wildman–Crippen MR) is 51.8 cm³/mol. The molecule has 0 unspecified atom stereocenters. The molecular formula is C9H13N3. The summed E-state index contributed by atoms with van der Waals surface area (Å²) >= 11 is 0. The van der Waals surface area contributed by atoms with Gasteiger partial charge in [0.05, 0.1) is 0 Å². The molecule has 0 fully saturated rings. The van der Waals surface area contributed by atoms with Gasteiger partial charge in [-0.2, -0.15) is 0 Å². The van der Waals surface area contributed by atoms with Crippen LogP contribution in [0.4, 0.5) is 11.6 Å². The van der Waals surface area contributed by atoms with Crippen molar-refractivity contribution in [3.05, 3.63) is 17.7 Å². The zero-order chi connectivity index (χ0) is 8.97. The molecule has 0 atom stereocenters. The highest BCUT2D eigenvalue weighted by Gasteiger charge is 1.96. The Balaban J connectivity index is 2.97. The van der Waals surface area contributed by atoms with Crippen LogP contribution in [0.3, 0.4) is 0 Å². The van der Waals surface area contributed by atoms with Crippen molar-refractivity contribution in [2.45, 2.75) is 20.3 Å². The molecule has 0 aliphatic heterocycles. The van der Waals surface area contributed by atoms with E-state index in [0.717, 1.165) is 17.8 Å². The lowest BCUT2D eigenvalue weighted by Crippen LogP contribution is -1.90. The number of nitrogens with zero attached hydrogens (tertiary/aromatic N) is 2. The van der Waals surface area contributed by atoms with Crippen molar-refractivity contribution in [2.24, 2.45) is 4.99 Å². The zero-order valence-electron chi connectivity index (χ0n) is 7.41. The molecule has 2 N–H and O–H groups in total. The van der Waals surface area contributed by atoms with Crippen LogP contribution in [0.5, 0.6) is 0 Å². The quantitative estimate of drug-likeness (QED) is 0.678. The third-order valence-electron chi connectivity index (χ3n) is 1.49. The Labute approximate surface area is 72.3 Å². The number of nitrogens with two attached hydrogens (primary N) is 1. The number of rotatable bonds is 2. The Morgan fingerprint density at radius 1 is 1.58 bits per heavy atom. The summed E-state index contributed by atoms with van der Waals surface area (Å²) in [4.78, 5) is 8.26. The maximum Gasteiger partial charge on any atom is 0.156 e. The molecule has 0 aliphatic carbocycles. The third kappa shape index (κ3) is 2.05. The van der Waals surface area contributed by atoms with Crippen LogP contribution in [-0.4, -0.2) is 11.2 Å². The number of aliphatic imine (C=N–C) groups is 1. The number of anilines is 1. The van der Waals surface area contributed by atoms with E-state index in [1.807, 2.05) is 26.1 Å². The molecule has 1 aromatic heterocycles. The van der Waals surface area contributed by atoms with Crippen LogP contribution in [-0.2, 0) is 0 Å². The number of pyridine rings is 1. The second-order valence-electron chi connectivity index (χ2n) is 2.60. The van der Waals surface area contributed by atoms with Gasteiger partial charge < -0.3 is 5.73 Å². The van der Waals surface area contributed by atoms with Gasteiger partial charge in [-0.15, -0.1) is 0 Å². The standard InChI is InChI=1S/C9H13N3/c1-3-6-11-9-7(2)4-5-8(10)12-9/h4-6H,3H2,1-2H3,(H2,10,12). The number of hydrogen-bond acceptors (Lipinski definition) is 3. The summed E-state index contributed by atoms with van der Waals surface area (Å²) in [5.74, 6) is 1.24. The molecule has 0 amide bonds. The Hall–Kier alpha value is -1.38. The molecular weight excluding hydrogens is 150 g/mol. The van der Waals surface area contributed by atoms with E-state index in [2.05, 4.69) is 9.98 Å². The first-order chi connectivity index (χ1) is 5.74. The van der Waals surface area contributed by atoms with Crippen LogP contribution < -0.4 is 5.73 Å². The fraction of sp³-hybridized carbons (Fsp3) is 0.333. The number of hydrogen-bond donors (Lipinski definition) is 1. The molecule has 64 valence electrons. The summed E-state index contributed by atoms with van der Waals surface area (Å²) in [6, 6.07) is 3.70. The normalized spacial score (nSPS) is 10.8. The zero-order valence-corrected chi connectivity index (χ0v) is 7.41. The maximum atomic E-state index is 5.51. The van der Waals surface area contributed by atoms with Gasteiger partial charge in [-0.1, -0.05) is 13.0 Å². The van der Waals surface area contributed by atoms with E-state index in [-0.39, 0.29) is 0 Å². The lowest BCUT2D eigenvalue weighted by Gasteiger charge is -1.98. The van der Waals surface area contributed by atoms with Crippen molar-refractivity contribution in [2.75, 3.05) is 5.73 Å². The van der Waals surface area contributed by atoms with Crippen LogP contribution in [0.1, 0.15) is 18.9 Å². The molecule has 12 heavy (non-hydrogen) atoms. The molecule has 0 saturated heterocycles. The largest absolute Gasteiger partial charge is 0.384 e. The average molecular weight is 163 g/mol. The maximum absolute atomic E-state index is 5.51. The fourth-order valence-electron chi connectivity index (χ4n) is 0.841. The van der Waals surface area contributed by atoms with Crippen LogP contribution >= 0.6 is 0 Å². The number of nitrogen functional groups attached to an aromatic ring is 1. The highest BCUT2D eigenvalue weighted by molar-refractivity contribution is 5.63. The van der Waals surface area contributed by atoms with Gasteiger partial charge in [-0.3, -0.25) is 0 Å². The van der Waals surface area contributed by atoms with Crippen LogP contribution in [0.15, 0.2) is 17.1 Å². The lowest BCUT2D eigenvalue weighted by atomic mass is 10.3. The summed E-state index contributed by atoms with van der Waals surface area (Å²) in [6.45, 7) is 4.00. The lowest BCUT2D eigenvalue weighted by molar-refractivity contribution is 1.22. The van der Waals surface area contributed by atoms with E-state index >= 15 is 0 Å². The molecule has 0 aliphatic rings. The SMILES string of the molecule is CCC=Nc1nc(N)ccc1C. The van der Waals surface area contributed by atoms with E-state index in [1.54, 1.807) is 6.07 Å². The van der Waals surface area contributed by atoms with Crippen molar-refractivity contribution in [3.63, 3.8) is 0 Å². The molecule has 1 heterocycles. The Morgan fingerprint density at radius 2 is 2.33 bits per heavy atom. The molecule has 0 aromatic carbocycles. The van der Waals surface area contributed by atoms with E-state index in [0.29, 0.717) is 5.82 Å². The third-order valence-corrected chi connectivity index (χ3v) is 1.49. The van der Waals surface area contributed by atoms with Crippen LogP contribution in [0, 0.1) is 6.92 Å². The molecule has 1 rings (SSSR count). The number of aromatic nitrogens is 1. The van der Waals surface area contributed by atoms with Gasteiger partial charge in [-0.05, 0) is 25.0 Å². The minimum atomic E-state index is 0.517. The van der Waals surface area contributed by atoms with Gasteiger partial charge in [-0.25, -0.2) is 9.98 Å². The van der Waals surface area contributed by atoms with Gasteiger partial charge in [0.25, 0.3) is 0 Å². The van der Waals surface area contributed by atoms with Gasteiger partial charge in [0, 0.05) is 6.21 Å². The average Bonchev–Trinajstić information content (AvgIpc) is 2.07. The second kappa shape index (κ2) is 3.85. The van der Waals surface area contributed by atoms with Crippen molar-refractivity contribution in [3.8, 4) is 0 Å². The van der Waals surface area contributed by atoms with Gasteiger partial charge in [0.2, 0.25) is 0 Å². The molecule has 0 saturated carbocycles. The molecule has 0 radical (unpaired) electrons. The number of aryl methyl sites for hydroxylation is 1. The van der Waals surface area contributed by atoms with Crippen molar-refractivity contribution < 1.29 is 0 Å². The molecule has 3 heteroatoms. The van der Waals surface area contributed by atoms with E-state index in [9.17, 15) is 0 Å². The Kier molecular flexibility index (Phi) is 2.80. The first-order valence-corrected chi connectivity index (χ1v) is 3.99. The highest BCUT2D eigenvalue weighted by atomic mass is 14.9. The molecule has 3 nitrogen and oxygen atoms in total. The first kappa shape index (κ1) is 8.71.